The van der Waals surface area contributed by atoms with Gasteiger partial charge in [0.15, 0.2) is 0 Å². The van der Waals surface area contributed by atoms with E-state index in [9.17, 15) is 5.11 Å². The predicted octanol–water partition coefficient (Wildman–Crippen LogP) is 2.54. The zero-order chi connectivity index (χ0) is 12.3. The molecule has 3 heteroatoms. The topological polar surface area (TPSA) is 38.1 Å². The van der Waals surface area contributed by atoms with Crippen LogP contribution in [0.25, 0.3) is 0 Å². The monoisotopic (exact) mass is 236 g/mol. The first-order chi connectivity index (χ1) is 8.20. The maximum atomic E-state index is 10.2. The normalized spacial score (nSPS) is 26.3. The van der Waals surface area contributed by atoms with Crippen molar-refractivity contribution in [2.75, 3.05) is 0 Å². The molecular weight excluding hydrogens is 212 g/mol. The van der Waals surface area contributed by atoms with Crippen LogP contribution in [-0.4, -0.2) is 20.8 Å². The summed E-state index contributed by atoms with van der Waals surface area (Å²) in [6.07, 6.45) is 10.4. The van der Waals surface area contributed by atoms with Gasteiger partial charge < -0.3 is 9.67 Å². The van der Waals surface area contributed by atoms with Gasteiger partial charge in [-0.3, -0.25) is 0 Å². The Morgan fingerprint density at radius 3 is 2.94 bits per heavy atom. The van der Waals surface area contributed by atoms with Crippen LogP contribution < -0.4 is 0 Å². The minimum Gasteiger partial charge on any atom is -0.393 e. The van der Waals surface area contributed by atoms with Crippen molar-refractivity contribution in [3.8, 4) is 0 Å². The van der Waals surface area contributed by atoms with Crippen LogP contribution in [0.4, 0.5) is 0 Å². The summed E-state index contributed by atoms with van der Waals surface area (Å²) in [5.74, 6) is 2.46. The number of aliphatic hydroxyl groups is 1. The van der Waals surface area contributed by atoms with Gasteiger partial charge in [0.2, 0.25) is 0 Å². The fourth-order valence-electron chi connectivity index (χ4n) is 2.98. The van der Waals surface area contributed by atoms with Crippen LogP contribution in [-0.2, 0) is 13.5 Å². The Morgan fingerprint density at radius 2 is 2.35 bits per heavy atom. The second-order valence-corrected chi connectivity index (χ2v) is 5.41. The van der Waals surface area contributed by atoms with Crippen molar-refractivity contribution in [3.63, 3.8) is 0 Å². The molecule has 1 N–H and O–H groups in total. The summed E-state index contributed by atoms with van der Waals surface area (Å²) in [7, 11) is 2.01. The highest BCUT2D eigenvalue weighted by atomic mass is 16.3. The Hall–Kier alpha value is -0.830. The first-order valence-corrected chi connectivity index (χ1v) is 6.85. The van der Waals surface area contributed by atoms with Gasteiger partial charge in [-0.15, -0.1) is 0 Å². The number of aromatic nitrogens is 2. The Morgan fingerprint density at radius 1 is 1.53 bits per heavy atom. The molecule has 0 bridgehead atoms. The van der Waals surface area contributed by atoms with Gasteiger partial charge in [-0.25, -0.2) is 4.98 Å². The Kier molecular flexibility index (Phi) is 4.21. The van der Waals surface area contributed by atoms with Crippen molar-refractivity contribution < 1.29 is 5.11 Å². The lowest BCUT2D eigenvalue weighted by Crippen LogP contribution is -2.19. The SMILES string of the molecule is CCC1CCC(C(O)CCc2nccn2C)C1. The molecule has 0 aliphatic heterocycles. The number of rotatable bonds is 5. The smallest absolute Gasteiger partial charge is 0.108 e. The molecule has 1 aromatic rings. The van der Waals surface area contributed by atoms with E-state index in [0.29, 0.717) is 5.92 Å². The molecule has 3 nitrogen and oxygen atoms in total. The standard InChI is InChI=1S/C14H24N2O/c1-3-11-4-5-12(10-11)13(17)6-7-14-15-8-9-16(14)2/h8-9,11-13,17H,3-7,10H2,1-2H3. The number of aliphatic hydroxyl groups excluding tert-OH is 1. The molecule has 1 heterocycles. The van der Waals surface area contributed by atoms with Gasteiger partial charge >= 0.3 is 0 Å². The van der Waals surface area contributed by atoms with E-state index in [-0.39, 0.29) is 6.10 Å². The summed E-state index contributed by atoms with van der Waals surface area (Å²) >= 11 is 0. The lowest BCUT2D eigenvalue weighted by molar-refractivity contribution is 0.0991. The molecule has 0 aromatic carbocycles. The maximum Gasteiger partial charge on any atom is 0.108 e. The van der Waals surface area contributed by atoms with Gasteiger partial charge in [-0.05, 0) is 31.1 Å². The number of aryl methyl sites for hydroxylation is 2. The first kappa shape index (κ1) is 12.6. The van der Waals surface area contributed by atoms with E-state index in [1.807, 2.05) is 24.0 Å². The van der Waals surface area contributed by atoms with Crippen molar-refractivity contribution in [1.29, 1.82) is 0 Å². The van der Waals surface area contributed by atoms with Crippen LogP contribution in [0.3, 0.4) is 0 Å². The number of imidazole rings is 1. The Labute approximate surface area is 104 Å². The highest BCUT2D eigenvalue weighted by Gasteiger charge is 2.28. The molecule has 0 saturated heterocycles. The number of hydrogen-bond donors (Lipinski definition) is 1. The van der Waals surface area contributed by atoms with E-state index in [1.54, 1.807) is 0 Å². The van der Waals surface area contributed by atoms with Crippen molar-refractivity contribution in [3.05, 3.63) is 18.2 Å². The van der Waals surface area contributed by atoms with Gasteiger partial charge in [0.05, 0.1) is 6.10 Å². The summed E-state index contributed by atoms with van der Waals surface area (Å²) in [4.78, 5) is 4.30. The minimum atomic E-state index is -0.136. The molecule has 17 heavy (non-hydrogen) atoms. The lowest BCUT2D eigenvalue weighted by atomic mass is 9.95. The molecule has 2 rings (SSSR count). The number of nitrogens with zero attached hydrogens (tertiary/aromatic N) is 2. The molecule has 1 aromatic heterocycles. The molecule has 0 radical (unpaired) electrons. The van der Waals surface area contributed by atoms with E-state index in [4.69, 9.17) is 0 Å². The van der Waals surface area contributed by atoms with Gasteiger partial charge in [0.25, 0.3) is 0 Å². The Bertz CT molecular complexity index is 348. The highest BCUT2D eigenvalue weighted by Crippen LogP contribution is 2.35. The largest absolute Gasteiger partial charge is 0.393 e. The average Bonchev–Trinajstić information content (AvgIpc) is 2.94. The van der Waals surface area contributed by atoms with Crippen LogP contribution >= 0.6 is 0 Å². The number of hydrogen-bond acceptors (Lipinski definition) is 2. The third-order valence-corrected chi connectivity index (χ3v) is 4.29. The molecule has 1 aliphatic rings. The van der Waals surface area contributed by atoms with E-state index in [0.717, 1.165) is 24.6 Å². The summed E-state index contributed by atoms with van der Waals surface area (Å²) in [6, 6.07) is 0. The zero-order valence-corrected chi connectivity index (χ0v) is 11.0. The van der Waals surface area contributed by atoms with E-state index < -0.39 is 0 Å². The van der Waals surface area contributed by atoms with Crippen molar-refractivity contribution in [2.45, 2.75) is 51.6 Å². The molecule has 1 fully saturated rings. The Balaban J connectivity index is 1.78. The quantitative estimate of drug-likeness (QED) is 0.853. The predicted molar refractivity (Wildman–Crippen MR) is 68.7 cm³/mol. The van der Waals surface area contributed by atoms with Crippen molar-refractivity contribution in [2.24, 2.45) is 18.9 Å². The first-order valence-electron chi connectivity index (χ1n) is 6.85. The molecule has 0 spiro atoms. The summed E-state index contributed by atoms with van der Waals surface area (Å²) in [5, 5.41) is 10.2. The average molecular weight is 236 g/mol. The molecule has 3 unspecified atom stereocenters. The van der Waals surface area contributed by atoms with Crippen LogP contribution in [0, 0.1) is 11.8 Å². The zero-order valence-electron chi connectivity index (χ0n) is 11.0. The second-order valence-electron chi connectivity index (χ2n) is 5.41. The molecule has 1 saturated carbocycles. The third-order valence-electron chi connectivity index (χ3n) is 4.29. The fraction of sp³-hybridized carbons (Fsp3) is 0.786. The van der Waals surface area contributed by atoms with Crippen LogP contribution in [0.1, 0.15) is 44.9 Å². The van der Waals surface area contributed by atoms with Crippen molar-refractivity contribution >= 4 is 0 Å². The van der Waals surface area contributed by atoms with Crippen LogP contribution in [0.5, 0.6) is 0 Å². The minimum absolute atomic E-state index is 0.136. The van der Waals surface area contributed by atoms with Crippen molar-refractivity contribution in [1.82, 2.24) is 9.55 Å². The lowest BCUT2D eigenvalue weighted by Gasteiger charge is -2.18. The van der Waals surface area contributed by atoms with Gasteiger partial charge in [-0.2, -0.15) is 0 Å². The molecule has 3 atom stereocenters. The van der Waals surface area contributed by atoms with Crippen LogP contribution in [0.15, 0.2) is 12.4 Å². The third kappa shape index (κ3) is 3.09. The van der Waals surface area contributed by atoms with Gasteiger partial charge in [-0.1, -0.05) is 19.8 Å². The molecular formula is C14H24N2O. The molecule has 1 aliphatic carbocycles. The second kappa shape index (κ2) is 5.67. The molecule has 96 valence electrons. The van der Waals surface area contributed by atoms with Gasteiger partial charge in [0.1, 0.15) is 5.82 Å². The highest BCUT2D eigenvalue weighted by molar-refractivity contribution is 4.92. The van der Waals surface area contributed by atoms with E-state index in [1.165, 1.54) is 25.7 Å². The van der Waals surface area contributed by atoms with E-state index in [2.05, 4.69) is 11.9 Å². The summed E-state index contributed by atoms with van der Waals surface area (Å²) < 4.78 is 2.04. The maximum absolute atomic E-state index is 10.2. The summed E-state index contributed by atoms with van der Waals surface area (Å²) in [5.41, 5.74) is 0. The van der Waals surface area contributed by atoms with Crippen LogP contribution in [0.2, 0.25) is 0 Å². The fourth-order valence-corrected chi connectivity index (χ4v) is 2.98. The van der Waals surface area contributed by atoms with Gasteiger partial charge in [0, 0.05) is 25.9 Å². The van der Waals surface area contributed by atoms with E-state index >= 15 is 0 Å². The summed E-state index contributed by atoms with van der Waals surface area (Å²) in [6.45, 7) is 2.26. The molecule has 0 amide bonds.